The first-order valence-corrected chi connectivity index (χ1v) is 6.14. The number of benzene rings is 1. The Morgan fingerprint density at radius 2 is 2.18 bits per heavy atom. The molecule has 1 aromatic rings. The molecule has 0 amide bonds. The van der Waals surface area contributed by atoms with E-state index in [1.54, 1.807) is 12.1 Å². The van der Waals surface area contributed by atoms with Gasteiger partial charge in [-0.05, 0) is 34.0 Å². The zero-order valence-corrected chi connectivity index (χ0v) is 11.4. The molecule has 92 valence electrons. The average molecular weight is 300 g/mol. The van der Waals surface area contributed by atoms with Crippen molar-refractivity contribution >= 4 is 21.6 Å². The van der Waals surface area contributed by atoms with Gasteiger partial charge >= 0.3 is 0 Å². The Kier molecular flexibility index (Phi) is 4.91. The predicted molar refractivity (Wildman–Crippen MR) is 70.1 cm³/mol. The summed E-state index contributed by atoms with van der Waals surface area (Å²) in [4.78, 5) is 0. The Hall–Kier alpha value is -1.12. The Balaban J connectivity index is 2.81. The highest BCUT2D eigenvalue weighted by Crippen LogP contribution is 2.26. The molecule has 0 aliphatic rings. The highest BCUT2D eigenvalue weighted by molar-refractivity contribution is 9.10. The van der Waals surface area contributed by atoms with Crippen LogP contribution < -0.4 is 11.1 Å². The minimum absolute atomic E-state index is 0.0381. The highest BCUT2D eigenvalue weighted by Gasteiger charge is 2.12. The van der Waals surface area contributed by atoms with Gasteiger partial charge in [0.2, 0.25) is 0 Å². The standard InChI is InChI=1S/C12H15BrFN3/c1-7(2)9(16)6-17-10-4-3-8(5-15)11(13)12(10)14/h3-4,7,9,17H,6,16H2,1-2H3. The van der Waals surface area contributed by atoms with Gasteiger partial charge in [0, 0.05) is 12.6 Å². The van der Waals surface area contributed by atoms with Crippen LogP contribution in [0.25, 0.3) is 0 Å². The van der Waals surface area contributed by atoms with Gasteiger partial charge in [0.15, 0.2) is 5.82 Å². The molecule has 0 aromatic heterocycles. The molecule has 1 rings (SSSR count). The maximum Gasteiger partial charge on any atom is 0.161 e. The van der Waals surface area contributed by atoms with Gasteiger partial charge in [-0.15, -0.1) is 0 Å². The molecule has 0 spiro atoms. The van der Waals surface area contributed by atoms with E-state index in [2.05, 4.69) is 21.2 Å². The molecular weight excluding hydrogens is 285 g/mol. The van der Waals surface area contributed by atoms with Crippen molar-refractivity contribution in [3.8, 4) is 6.07 Å². The second-order valence-corrected chi connectivity index (χ2v) is 4.98. The average Bonchev–Trinajstić information content (AvgIpc) is 2.30. The van der Waals surface area contributed by atoms with E-state index in [0.29, 0.717) is 18.2 Å². The number of anilines is 1. The third kappa shape index (κ3) is 3.42. The van der Waals surface area contributed by atoms with E-state index >= 15 is 0 Å². The van der Waals surface area contributed by atoms with Crippen molar-refractivity contribution < 1.29 is 4.39 Å². The summed E-state index contributed by atoms with van der Waals surface area (Å²) in [6.45, 7) is 4.52. The number of nitrogens with zero attached hydrogens (tertiary/aromatic N) is 1. The van der Waals surface area contributed by atoms with E-state index in [-0.39, 0.29) is 16.1 Å². The third-order valence-corrected chi connectivity index (χ3v) is 3.36. The van der Waals surface area contributed by atoms with Crippen molar-refractivity contribution in [1.82, 2.24) is 0 Å². The second kappa shape index (κ2) is 5.99. The lowest BCUT2D eigenvalue weighted by atomic mass is 10.1. The topological polar surface area (TPSA) is 61.8 Å². The first-order valence-electron chi connectivity index (χ1n) is 5.35. The molecule has 0 heterocycles. The Labute approximate surface area is 109 Å². The predicted octanol–water partition coefficient (Wildman–Crippen LogP) is 2.86. The van der Waals surface area contributed by atoms with Crippen LogP contribution in [0.3, 0.4) is 0 Å². The fraction of sp³-hybridized carbons (Fsp3) is 0.417. The summed E-state index contributed by atoms with van der Waals surface area (Å²) in [5.74, 6) is -0.132. The Bertz CT molecular complexity index is 440. The van der Waals surface area contributed by atoms with Crippen LogP contribution in [0.5, 0.6) is 0 Å². The number of nitriles is 1. The summed E-state index contributed by atoms with van der Waals surface area (Å²) >= 11 is 3.06. The first kappa shape index (κ1) is 13.9. The molecule has 17 heavy (non-hydrogen) atoms. The SMILES string of the molecule is CC(C)C(N)CNc1ccc(C#N)c(Br)c1F. The molecule has 1 aromatic carbocycles. The lowest BCUT2D eigenvalue weighted by Gasteiger charge is -2.17. The van der Waals surface area contributed by atoms with Crippen LogP contribution in [0.1, 0.15) is 19.4 Å². The van der Waals surface area contributed by atoms with Crippen molar-refractivity contribution in [2.75, 3.05) is 11.9 Å². The van der Waals surface area contributed by atoms with Crippen molar-refractivity contribution in [3.05, 3.63) is 28.0 Å². The number of nitrogens with one attached hydrogen (secondary N) is 1. The third-order valence-electron chi connectivity index (χ3n) is 2.59. The fourth-order valence-electron chi connectivity index (χ4n) is 1.24. The van der Waals surface area contributed by atoms with E-state index < -0.39 is 5.82 Å². The lowest BCUT2D eigenvalue weighted by Crippen LogP contribution is -2.34. The van der Waals surface area contributed by atoms with Crippen molar-refractivity contribution in [1.29, 1.82) is 5.26 Å². The van der Waals surface area contributed by atoms with Crippen LogP contribution in [0.2, 0.25) is 0 Å². The summed E-state index contributed by atoms with van der Waals surface area (Å²) in [7, 11) is 0. The number of hydrogen-bond acceptors (Lipinski definition) is 3. The van der Waals surface area contributed by atoms with Gasteiger partial charge in [0.1, 0.15) is 6.07 Å². The quantitative estimate of drug-likeness (QED) is 0.899. The summed E-state index contributed by atoms with van der Waals surface area (Å²) in [6.07, 6.45) is 0. The molecule has 3 N–H and O–H groups in total. The van der Waals surface area contributed by atoms with Crippen LogP contribution in [0.4, 0.5) is 10.1 Å². The molecule has 0 radical (unpaired) electrons. The van der Waals surface area contributed by atoms with E-state index in [1.807, 2.05) is 19.9 Å². The van der Waals surface area contributed by atoms with Gasteiger partial charge in [-0.25, -0.2) is 4.39 Å². The summed E-state index contributed by atoms with van der Waals surface area (Å²) in [5.41, 5.74) is 6.49. The smallest absolute Gasteiger partial charge is 0.161 e. The molecule has 0 fully saturated rings. The molecule has 1 atom stereocenters. The van der Waals surface area contributed by atoms with E-state index in [9.17, 15) is 4.39 Å². The van der Waals surface area contributed by atoms with Crippen LogP contribution in [-0.2, 0) is 0 Å². The zero-order chi connectivity index (χ0) is 13.0. The van der Waals surface area contributed by atoms with Gasteiger partial charge in [-0.1, -0.05) is 13.8 Å². The Morgan fingerprint density at radius 1 is 1.53 bits per heavy atom. The monoisotopic (exact) mass is 299 g/mol. The van der Waals surface area contributed by atoms with Crippen LogP contribution in [0, 0.1) is 23.1 Å². The normalized spacial score (nSPS) is 12.3. The van der Waals surface area contributed by atoms with Gasteiger partial charge in [0.05, 0.1) is 15.7 Å². The van der Waals surface area contributed by atoms with Gasteiger partial charge < -0.3 is 11.1 Å². The minimum atomic E-state index is -0.458. The van der Waals surface area contributed by atoms with Crippen molar-refractivity contribution in [2.45, 2.75) is 19.9 Å². The van der Waals surface area contributed by atoms with Crippen LogP contribution in [0.15, 0.2) is 16.6 Å². The number of nitrogens with two attached hydrogens (primary N) is 1. The molecule has 1 unspecified atom stereocenters. The molecule has 0 saturated heterocycles. The number of halogens is 2. The highest BCUT2D eigenvalue weighted by atomic mass is 79.9. The van der Waals surface area contributed by atoms with E-state index in [4.69, 9.17) is 11.0 Å². The zero-order valence-electron chi connectivity index (χ0n) is 9.80. The molecule has 3 nitrogen and oxygen atoms in total. The first-order chi connectivity index (χ1) is 7.97. The number of rotatable bonds is 4. The fourth-order valence-corrected chi connectivity index (χ4v) is 1.67. The molecule has 0 saturated carbocycles. The Morgan fingerprint density at radius 3 is 2.71 bits per heavy atom. The van der Waals surface area contributed by atoms with Crippen molar-refractivity contribution in [2.24, 2.45) is 11.7 Å². The molecule has 5 heteroatoms. The molecular formula is C12H15BrFN3. The van der Waals surface area contributed by atoms with Gasteiger partial charge in [-0.2, -0.15) is 5.26 Å². The second-order valence-electron chi connectivity index (χ2n) is 4.19. The van der Waals surface area contributed by atoms with Crippen molar-refractivity contribution in [3.63, 3.8) is 0 Å². The molecule has 0 aliphatic carbocycles. The van der Waals surface area contributed by atoms with E-state index in [1.165, 1.54) is 0 Å². The summed E-state index contributed by atoms with van der Waals surface area (Å²) in [5, 5.41) is 11.7. The minimum Gasteiger partial charge on any atom is -0.381 e. The van der Waals surface area contributed by atoms with Gasteiger partial charge in [0.25, 0.3) is 0 Å². The lowest BCUT2D eigenvalue weighted by molar-refractivity contribution is 0.510. The maximum absolute atomic E-state index is 13.8. The van der Waals surface area contributed by atoms with Crippen LogP contribution >= 0.6 is 15.9 Å². The van der Waals surface area contributed by atoms with E-state index in [0.717, 1.165) is 0 Å². The maximum atomic E-state index is 13.8. The van der Waals surface area contributed by atoms with Crippen LogP contribution in [-0.4, -0.2) is 12.6 Å². The molecule has 0 bridgehead atoms. The largest absolute Gasteiger partial charge is 0.381 e. The molecule has 0 aliphatic heterocycles. The van der Waals surface area contributed by atoms with Gasteiger partial charge in [-0.3, -0.25) is 0 Å². The summed E-state index contributed by atoms with van der Waals surface area (Å²) < 4.78 is 14.0. The summed E-state index contributed by atoms with van der Waals surface area (Å²) in [6, 6.07) is 4.98. The number of hydrogen-bond donors (Lipinski definition) is 2.